The maximum Gasteiger partial charge on any atom is 0.285 e. The molecule has 3 rings (SSSR count). The first-order valence-electron chi connectivity index (χ1n) is 7.76. The van der Waals surface area contributed by atoms with Gasteiger partial charge in [-0.15, -0.1) is 4.40 Å². The molecule has 2 aliphatic rings. The predicted molar refractivity (Wildman–Crippen MR) is 90.1 cm³/mol. The molecule has 0 unspecified atom stereocenters. The van der Waals surface area contributed by atoms with Crippen molar-refractivity contribution < 1.29 is 8.42 Å². The van der Waals surface area contributed by atoms with Gasteiger partial charge >= 0.3 is 0 Å². The molecule has 0 spiro atoms. The molecule has 0 saturated carbocycles. The second-order valence-corrected chi connectivity index (χ2v) is 7.92. The van der Waals surface area contributed by atoms with Gasteiger partial charge in [-0.2, -0.15) is 8.42 Å². The third-order valence-electron chi connectivity index (χ3n) is 4.54. The van der Waals surface area contributed by atoms with Crippen molar-refractivity contribution in [2.75, 3.05) is 13.1 Å². The van der Waals surface area contributed by atoms with Gasteiger partial charge in [-0.1, -0.05) is 36.8 Å². The number of piperidine rings is 1. The summed E-state index contributed by atoms with van der Waals surface area (Å²) in [4.78, 5) is 2.48. The lowest BCUT2D eigenvalue weighted by Crippen LogP contribution is -2.37. The van der Waals surface area contributed by atoms with Gasteiger partial charge in [-0.3, -0.25) is 0 Å². The molecule has 4 nitrogen and oxygen atoms in total. The molecule has 0 N–H and O–H groups in total. The molecular formula is C17H22N2O2S. The minimum Gasteiger partial charge on any atom is -0.356 e. The van der Waals surface area contributed by atoms with Gasteiger partial charge in [0.1, 0.15) is 10.7 Å². The number of amidine groups is 1. The lowest BCUT2D eigenvalue weighted by atomic mass is 9.98. The van der Waals surface area contributed by atoms with Crippen LogP contribution >= 0.6 is 0 Å². The zero-order valence-corrected chi connectivity index (χ0v) is 14.2. The van der Waals surface area contributed by atoms with Crippen molar-refractivity contribution in [1.82, 2.24) is 4.90 Å². The topological polar surface area (TPSA) is 49.7 Å². The van der Waals surface area contributed by atoms with E-state index in [1.807, 2.05) is 38.1 Å². The Morgan fingerprint density at radius 2 is 1.68 bits per heavy atom. The second kappa shape index (κ2) is 5.54. The van der Waals surface area contributed by atoms with E-state index in [9.17, 15) is 8.42 Å². The van der Waals surface area contributed by atoms with Crippen LogP contribution < -0.4 is 0 Å². The smallest absolute Gasteiger partial charge is 0.285 e. The van der Waals surface area contributed by atoms with Crippen LogP contribution in [0, 0.1) is 12.8 Å². The van der Waals surface area contributed by atoms with Crippen molar-refractivity contribution in [1.29, 1.82) is 0 Å². The molecule has 22 heavy (non-hydrogen) atoms. The van der Waals surface area contributed by atoms with E-state index in [1.54, 1.807) is 0 Å². The van der Waals surface area contributed by atoms with Crippen molar-refractivity contribution in [3.63, 3.8) is 0 Å². The van der Waals surface area contributed by atoms with Crippen LogP contribution in [-0.2, 0) is 10.0 Å². The van der Waals surface area contributed by atoms with Gasteiger partial charge < -0.3 is 4.90 Å². The molecule has 1 aromatic rings. The SMILES string of the molecule is CC1=C(c2ccc(C)cc2)S(=O)(=O)N=C1N1CCC(C)CC1. The van der Waals surface area contributed by atoms with Gasteiger partial charge in [0.15, 0.2) is 0 Å². The highest BCUT2D eigenvalue weighted by molar-refractivity contribution is 8.00. The molecule has 1 aromatic carbocycles. The highest BCUT2D eigenvalue weighted by Crippen LogP contribution is 2.34. The van der Waals surface area contributed by atoms with E-state index < -0.39 is 10.0 Å². The first-order valence-corrected chi connectivity index (χ1v) is 9.20. The highest BCUT2D eigenvalue weighted by atomic mass is 32.2. The Balaban J connectivity index is 1.99. The summed E-state index contributed by atoms with van der Waals surface area (Å²) in [6, 6.07) is 7.60. The molecule has 0 amide bonds. The first kappa shape index (κ1) is 15.3. The Labute approximate surface area is 132 Å². The fraction of sp³-hybridized carbons (Fsp3) is 0.471. The largest absolute Gasteiger partial charge is 0.356 e. The zero-order valence-electron chi connectivity index (χ0n) is 13.3. The summed E-state index contributed by atoms with van der Waals surface area (Å²) in [6.07, 6.45) is 2.18. The van der Waals surface area contributed by atoms with E-state index in [1.165, 1.54) is 0 Å². The Bertz CT molecular complexity index is 737. The highest BCUT2D eigenvalue weighted by Gasteiger charge is 2.34. The number of rotatable bonds is 1. The molecule has 0 radical (unpaired) electrons. The standard InChI is InChI=1S/C17H22N2O2S/c1-12-4-6-15(7-5-12)16-14(3)17(18-22(16,20)21)19-10-8-13(2)9-11-19/h4-7,13H,8-11H2,1-3H3. The molecule has 0 aromatic heterocycles. The van der Waals surface area contributed by atoms with Crippen LogP contribution in [0.2, 0.25) is 0 Å². The lowest BCUT2D eigenvalue weighted by molar-refractivity contribution is 0.281. The summed E-state index contributed by atoms with van der Waals surface area (Å²) < 4.78 is 29.1. The average Bonchev–Trinajstić information content (AvgIpc) is 2.71. The number of hydrogen-bond acceptors (Lipinski definition) is 3. The Morgan fingerprint density at radius 3 is 2.27 bits per heavy atom. The summed E-state index contributed by atoms with van der Waals surface area (Å²) in [6.45, 7) is 7.87. The summed E-state index contributed by atoms with van der Waals surface area (Å²) in [5.74, 6) is 1.35. The number of sulfonamides is 1. The number of benzene rings is 1. The second-order valence-electron chi connectivity index (χ2n) is 6.38. The zero-order chi connectivity index (χ0) is 15.9. The quantitative estimate of drug-likeness (QED) is 0.799. The van der Waals surface area contributed by atoms with Crippen molar-refractivity contribution in [3.8, 4) is 0 Å². The van der Waals surface area contributed by atoms with E-state index in [2.05, 4.69) is 16.2 Å². The molecular weight excluding hydrogens is 296 g/mol. The third kappa shape index (κ3) is 2.70. The molecule has 118 valence electrons. The monoisotopic (exact) mass is 318 g/mol. The van der Waals surface area contributed by atoms with Crippen LogP contribution in [0.1, 0.15) is 37.8 Å². The van der Waals surface area contributed by atoms with Crippen LogP contribution in [0.15, 0.2) is 34.2 Å². The maximum atomic E-state index is 12.5. The fourth-order valence-electron chi connectivity index (χ4n) is 3.11. The van der Waals surface area contributed by atoms with E-state index >= 15 is 0 Å². The average molecular weight is 318 g/mol. The molecule has 2 heterocycles. The number of likely N-dealkylation sites (tertiary alicyclic amines) is 1. The van der Waals surface area contributed by atoms with Gasteiger partial charge in [0.2, 0.25) is 0 Å². The normalized spacial score (nSPS) is 22.1. The van der Waals surface area contributed by atoms with E-state index in [0.717, 1.165) is 42.6 Å². The maximum absolute atomic E-state index is 12.5. The summed E-state index contributed by atoms with van der Waals surface area (Å²) in [5, 5.41) is 0. The van der Waals surface area contributed by atoms with E-state index in [0.29, 0.717) is 16.7 Å². The molecule has 0 atom stereocenters. The van der Waals surface area contributed by atoms with E-state index in [-0.39, 0.29) is 0 Å². The van der Waals surface area contributed by atoms with Gasteiger partial charge in [0.25, 0.3) is 10.0 Å². The van der Waals surface area contributed by atoms with E-state index in [4.69, 9.17) is 0 Å². The van der Waals surface area contributed by atoms with Crippen LogP contribution in [0.3, 0.4) is 0 Å². The molecule has 0 aliphatic carbocycles. The predicted octanol–water partition coefficient (Wildman–Crippen LogP) is 3.20. The fourth-order valence-corrected chi connectivity index (χ4v) is 4.59. The summed E-state index contributed by atoms with van der Waals surface area (Å²) >= 11 is 0. The Morgan fingerprint density at radius 1 is 1.09 bits per heavy atom. The van der Waals surface area contributed by atoms with Crippen LogP contribution in [0.5, 0.6) is 0 Å². The Hall–Kier alpha value is -1.62. The Kier molecular flexibility index (Phi) is 3.85. The van der Waals surface area contributed by atoms with Gasteiger partial charge in [0.05, 0.1) is 0 Å². The molecule has 0 bridgehead atoms. The van der Waals surface area contributed by atoms with Crippen molar-refractivity contribution >= 4 is 20.8 Å². The first-order chi connectivity index (χ1) is 10.4. The molecule has 5 heteroatoms. The van der Waals surface area contributed by atoms with Crippen LogP contribution in [0.4, 0.5) is 0 Å². The summed E-state index contributed by atoms with van der Waals surface area (Å²) in [5.41, 5.74) is 2.62. The van der Waals surface area contributed by atoms with Crippen molar-refractivity contribution in [3.05, 3.63) is 41.0 Å². The summed E-state index contributed by atoms with van der Waals surface area (Å²) in [7, 11) is -3.59. The minimum absolute atomic E-state index is 0.362. The minimum atomic E-state index is -3.59. The van der Waals surface area contributed by atoms with Gasteiger partial charge in [-0.25, -0.2) is 0 Å². The van der Waals surface area contributed by atoms with Gasteiger partial charge in [-0.05, 0) is 38.2 Å². The van der Waals surface area contributed by atoms with Gasteiger partial charge in [0, 0.05) is 18.7 Å². The van der Waals surface area contributed by atoms with Crippen LogP contribution in [0.25, 0.3) is 4.91 Å². The third-order valence-corrected chi connectivity index (χ3v) is 6.01. The number of hydrogen-bond donors (Lipinski definition) is 0. The molecule has 1 fully saturated rings. The molecule has 2 aliphatic heterocycles. The van der Waals surface area contributed by atoms with Crippen LogP contribution in [-0.4, -0.2) is 32.2 Å². The lowest BCUT2D eigenvalue weighted by Gasteiger charge is -2.31. The van der Waals surface area contributed by atoms with Crippen molar-refractivity contribution in [2.24, 2.45) is 10.3 Å². The molecule has 1 saturated heterocycles. The number of aryl methyl sites for hydroxylation is 1. The number of nitrogens with zero attached hydrogens (tertiary/aromatic N) is 2. The van der Waals surface area contributed by atoms with Crippen molar-refractivity contribution in [2.45, 2.75) is 33.6 Å².